The van der Waals surface area contributed by atoms with Gasteiger partial charge in [-0.1, -0.05) is 32.1 Å². The van der Waals surface area contributed by atoms with E-state index in [1.54, 1.807) is 36.4 Å². The summed E-state index contributed by atoms with van der Waals surface area (Å²) in [6.07, 6.45) is 3.32. The van der Waals surface area contributed by atoms with Crippen molar-refractivity contribution in [2.75, 3.05) is 0 Å². The topological polar surface area (TPSA) is 37.3 Å². The van der Waals surface area contributed by atoms with Crippen molar-refractivity contribution in [3.05, 3.63) is 35.9 Å². The van der Waals surface area contributed by atoms with Crippen LogP contribution in [0.15, 0.2) is 30.3 Å². The highest BCUT2D eigenvalue weighted by atomic mass is 16.3. The maximum absolute atomic E-state index is 11.2. The Bertz CT molecular complexity index is 334. The van der Waals surface area contributed by atoms with Gasteiger partial charge in [0.05, 0.1) is 0 Å². The number of phenols is 1. The van der Waals surface area contributed by atoms with Gasteiger partial charge in [0.25, 0.3) is 0 Å². The molecule has 1 N–H and O–H groups in total. The molecule has 0 aliphatic rings. The minimum Gasteiger partial charge on any atom is -0.508 e. The molecule has 0 atom stereocenters. The van der Waals surface area contributed by atoms with Crippen molar-refractivity contribution < 1.29 is 9.90 Å². The molecule has 0 saturated carbocycles. The standard InChI is InChI=1S/C12H14O2/c1-9(2)12(14)8-5-10-3-6-11(13)7-4-10/h3-9,13H,1-2H3/b8-5+. The van der Waals surface area contributed by atoms with E-state index >= 15 is 0 Å². The normalized spacial score (nSPS) is 11.1. The second kappa shape index (κ2) is 4.61. The van der Waals surface area contributed by atoms with E-state index in [-0.39, 0.29) is 17.5 Å². The summed E-state index contributed by atoms with van der Waals surface area (Å²) in [6, 6.07) is 6.72. The molecular formula is C12H14O2. The Labute approximate surface area is 83.9 Å². The molecule has 0 radical (unpaired) electrons. The monoisotopic (exact) mass is 190 g/mol. The largest absolute Gasteiger partial charge is 0.508 e. The summed E-state index contributed by atoms with van der Waals surface area (Å²) >= 11 is 0. The lowest BCUT2D eigenvalue weighted by molar-refractivity contribution is -0.117. The van der Waals surface area contributed by atoms with Gasteiger partial charge in [-0.25, -0.2) is 0 Å². The van der Waals surface area contributed by atoms with Gasteiger partial charge < -0.3 is 5.11 Å². The second-order valence-electron chi connectivity index (χ2n) is 3.48. The summed E-state index contributed by atoms with van der Waals surface area (Å²) in [5.41, 5.74) is 0.914. The summed E-state index contributed by atoms with van der Waals surface area (Å²) in [5, 5.41) is 9.03. The molecule has 0 aliphatic heterocycles. The summed E-state index contributed by atoms with van der Waals surface area (Å²) < 4.78 is 0. The molecule has 0 bridgehead atoms. The van der Waals surface area contributed by atoms with E-state index in [9.17, 15) is 4.79 Å². The number of phenolic OH excluding ortho intramolecular Hbond substituents is 1. The summed E-state index contributed by atoms with van der Waals surface area (Å²) in [6.45, 7) is 3.73. The van der Waals surface area contributed by atoms with E-state index in [1.165, 1.54) is 0 Å². The fourth-order valence-electron chi connectivity index (χ4n) is 0.956. The predicted molar refractivity (Wildman–Crippen MR) is 57.0 cm³/mol. The average Bonchev–Trinajstić information content (AvgIpc) is 2.16. The Morgan fingerprint density at radius 3 is 2.36 bits per heavy atom. The first-order valence-corrected chi connectivity index (χ1v) is 4.60. The van der Waals surface area contributed by atoms with Gasteiger partial charge in [-0.15, -0.1) is 0 Å². The molecule has 0 fully saturated rings. The molecule has 0 unspecified atom stereocenters. The number of ketones is 1. The molecule has 1 aromatic rings. The average molecular weight is 190 g/mol. The lowest BCUT2D eigenvalue weighted by atomic mass is 10.1. The van der Waals surface area contributed by atoms with Gasteiger partial charge in [0.2, 0.25) is 0 Å². The Kier molecular flexibility index (Phi) is 3.46. The third-order valence-corrected chi connectivity index (χ3v) is 1.90. The van der Waals surface area contributed by atoms with Crippen molar-refractivity contribution >= 4 is 11.9 Å². The minimum atomic E-state index is 0.0309. The predicted octanol–water partition coefficient (Wildman–Crippen LogP) is 2.63. The van der Waals surface area contributed by atoms with Gasteiger partial charge in [0, 0.05) is 5.92 Å². The minimum absolute atomic E-state index is 0.0309. The van der Waals surface area contributed by atoms with Crippen LogP contribution in [0, 0.1) is 5.92 Å². The van der Waals surface area contributed by atoms with Crippen LogP contribution in [0.5, 0.6) is 5.75 Å². The van der Waals surface area contributed by atoms with Crippen LogP contribution in [0.4, 0.5) is 0 Å². The third-order valence-electron chi connectivity index (χ3n) is 1.90. The van der Waals surface area contributed by atoms with Crippen molar-refractivity contribution in [1.29, 1.82) is 0 Å². The van der Waals surface area contributed by atoms with Crippen LogP contribution in [0.3, 0.4) is 0 Å². The Morgan fingerprint density at radius 2 is 1.86 bits per heavy atom. The summed E-state index contributed by atoms with van der Waals surface area (Å²) in [5.74, 6) is 0.374. The lowest BCUT2D eigenvalue weighted by Crippen LogP contribution is -2.01. The van der Waals surface area contributed by atoms with Crippen molar-refractivity contribution in [2.45, 2.75) is 13.8 Å². The molecule has 0 amide bonds. The molecule has 0 saturated heterocycles. The van der Waals surface area contributed by atoms with Crippen molar-refractivity contribution in [3.8, 4) is 5.75 Å². The molecule has 0 aromatic heterocycles. The third kappa shape index (κ3) is 3.05. The maximum atomic E-state index is 11.2. The van der Waals surface area contributed by atoms with Gasteiger partial charge in [-0.3, -0.25) is 4.79 Å². The number of hydrogen-bond donors (Lipinski definition) is 1. The quantitative estimate of drug-likeness (QED) is 0.744. The van der Waals surface area contributed by atoms with Crippen molar-refractivity contribution in [3.63, 3.8) is 0 Å². The molecule has 1 rings (SSSR count). The highest BCUT2D eigenvalue weighted by Gasteiger charge is 2.01. The SMILES string of the molecule is CC(C)C(=O)/C=C/c1ccc(O)cc1. The fourth-order valence-corrected chi connectivity index (χ4v) is 0.956. The maximum Gasteiger partial charge on any atom is 0.158 e. The molecule has 1 aromatic carbocycles. The lowest BCUT2D eigenvalue weighted by Gasteiger charge is -1.97. The van der Waals surface area contributed by atoms with Crippen molar-refractivity contribution in [1.82, 2.24) is 0 Å². The first-order valence-electron chi connectivity index (χ1n) is 4.60. The van der Waals surface area contributed by atoms with E-state index < -0.39 is 0 Å². The smallest absolute Gasteiger partial charge is 0.158 e. The number of allylic oxidation sites excluding steroid dienone is 1. The van der Waals surface area contributed by atoms with E-state index in [0.717, 1.165) is 5.56 Å². The van der Waals surface area contributed by atoms with Crippen LogP contribution >= 0.6 is 0 Å². The van der Waals surface area contributed by atoms with Crippen LogP contribution in [0.25, 0.3) is 6.08 Å². The summed E-state index contributed by atoms with van der Waals surface area (Å²) in [4.78, 5) is 11.2. The van der Waals surface area contributed by atoms with Gasteiger partial charge >= 0.3 is 0 Å². The molecule has 2 nitrogen and oxygen atoms in total. The summed E-state index contributed by atoms with van der Waals surface area (Å²) in [7, 11) is 0. The Balaban J connectivity index is 2.69. The molecular weight excluding hydrogens is 176 g/mol. The number of aromatic hydroxyl groups is 1. The zero-order valence-corrected chi connectivity index (χ0v) is 8.40. The van der Waals surface area contributed by atoms with Gasteiger partial charge in [-0.05, 0) is 23.8 Å². The van der Waals surface area contributed by atoms with Crippen LogP contribution < -0.4 is 0 Å². The highest BCUT2D eigenvalue weighted by Crippen LogP contribution is 2.11. The number of hydrogen-bond acceptors (Lipinski definition) is 2. The molecule has 74 valence electrons. The molecule has 0 spiro atoms. The Morgan fingerprint density at radius 1 is 1.29 bits per heavy atom. The van der Waals surface area contributed by atoms with E-state index in [1.807, 2.05) is 13.8 Å². The molecule has 2 heteroatoms. The Hall–Kier alpha value is -1.57. The number of benzene rings is 1. The van der Waals surface area contributed by atoms with Gasteiger partial charge in [0.1, 0.15) is 5.75 Å². The van der Waals surface area contributed by atoms with E-state index in [2.05, 4.69) is 0 Å². The molecule has 14 heavy (non-hydrogen) atoms. The second-order valence-corrected chi connectivity index (χ2v) is 3.48. The van der Waals surface area contributed by atoms with E-state index in [0.29, 0.717) is 0 Å². The zero-order valence-electron chi connectivity index (χ0n) is 8.40. The number of carbonyl (C=O) groups is 1. The fraction of sp³-hybridized carbons (Fsp3) is 0.250. The molecule has 0 aliphatic carbocycles. The number of rotatable bonds is 3. The van der Waals surface area contributed by atoms with Gasteiger partial charge in [0.15, 0.2) is 5.78 Å². The van der Waals surface area contributed by atoms with E-state index in [4.69, 9.17) is 5.11 Å². The van der Waals surface area contributed by atoms with Crippen molar-refractivity contribution in [2.24, 2.45) is 5.92 Å². The van der Waals surface area contributed by atoms with Gasteiger partial charge in [-0.2, -0.15) is 0 Å². The highest BCUT2D eigenvalue weighted by molar-refractivity contribution is 5.94. The number of carbonyl (C=O) groups excluding carboxylic acids is 1. The van der Waals surface area contributed by atoms with Crippen LogP contribution in [-0.4, -0.2) is 10.9 Å². The van der Waals surface area contributed by atoms with Crippen LogP contribution in [0.2, 0.25) is 0 Å². The first-order chi connectivity index (χ1) is 6.59. The first kappa shape index (κ1) is 10.5. The molecule has 0 heterocycles. The van der Waals surface area contributed by atoms with Crippen LogP contribution in [0.1, 0.15) is 19.4 Å². The van der Waals surface area contributed by atoms with Crippen LogP contribution in [-0.2, 0) is 4.79 Å². The zero-order chi connectivity index (χ0) is 10.6.